The maximum atomic E-state index is 3.80. The van der Waals surface area contributed by atoms with E-state index in [1.807, 2.05) is 20.0 Å². The Morgan fingerprint density at radius 3 is 3.08 bits per heavy atom. The number of aromatic nitrogens is 3. The van der Waals surface area contributed by atoms with Crippen LogP contribution >= 0.6 is 0 Å². The van der Waals surface area contributed by atoms with Crippen LogP contribution in [0.25, 0.3) is 0 Å². The minimum absolute atomic E-state index is 0.922. The number of hydrogen-bond acceptors (Lipinski definition) is 3. The molecule has 0 fully saturated rings. The van der Waals surface area contributed by atoms with Crippen LogP contribution in [0.3, 0.4) is 0 Å². The van der Waals surface area contributed by atoms with E-state index in [0.29, 0.717) is 0 Å². The van der Waals surface area contributed by atoms with Crippen LogP contribution in [0, 0.1) is 0 Å². The summed E-state index contributed by atoms with van der Waals surface area (Å²) in [7, 11) is 1.87. The van der Waals surface area contributed by atoms with Crippen LogP contribution in [-0.4, -0.2) is 21.5 Å². The van der Waals surface area contributed by atoms with Gasteiger partial charge in [-0.05, 0) is 13.3 Å². The van der Waals surface area contributed by atoms with Gasteiger partial charge in [0.15, 0.2) is 0 Å². The molecule has 0 aliphatic rings. The first-order valence-electron chi connectivity index (χ1n) is 4.04. The maximum Gasteiger partial charge on any atom is 0.144 e. The van der Waals surface area contributed by atoms with Gasteiger partial charge in [-0.3, -0.25) is 0 Å². The summed E-state index contributed by atoms with van der Waals surface area (Å²) < 4.78 is 1.72. The Balaban J connectivity index is 2.28. The molecule has 1 aromatic heterocycles. The summed E-state index contributed by atoms with van der Waals surface area (Å²) in [6.07, 6.45) is 6.91. The maximum absolute atomic E-state index is 3.80. The molecule has 4 heteroatoms. The Labute approximate surface area is 72.3 Å². The van der Waals surface area contributed by atoms with E-state index >= 15 is 0 Å². The van der Waals surface area contributed by atoms with Crippen molar-refractivity contribution in [1.29, 1.82) is 0 Å². The molecular formula is C8H14N4. The van der Waals surface area contributed by atoms with Gasteiger partial charge in [-0.25, -0.2) is 4.68 Å². The highest BCUT2D eigenvalue weighted by Crippen LogP contribution is 2.00. The van der Waals surface area contributed by atoms with Gasteiger partial charge < -0.3 is 5.32 Å². The molecule has 0 spiro atoms. The molecule has 0 aromatic carbocycles. The standard InChI is InChI=1S/C8H14N4/c1-3-4-5-6-9-8-7-10-11-12(8)2/h3-4,7,9H,5-6H2,1-2H3/b4-3+. The lowest BCUT2D eigenvalue weighted by molar-refractivity contribution is 0.717. The van der Waals surface area contributed by atoms with Crippen LogP contribution in [0.5, 0.6) is 0 Å². The lowest BCUT2D eigenvalue weighted by Crippen LogP contribution is -2.05. The van der Waals surface area contributed by atoms with Crippen molar-refractivity contribution in [2.75, 3.05) is 11.9 Å². The topological polar surface area (TPSA) is 42.7 Å². The van der Waals surface area contributed by atoms with Gasteiger partial charge in [0.2, 0.25) is 0 Å². The first-order chi connectivity index (χ1) is 5.84. The van der Waals surface area contributed by atoms with Crippen molar-refractivity contribution in [2.45, 2.75) is 13.3 Å². The summed E-state index contributed by atoms with van der Waals surface area (Å²) in [6.45, 7) is 2.94. The minimum Gasteiger partial charge on any atom is -0.369 e. The van der Waals surface area contributed by atoms with Gasteiger partial charge in [-0.15, -0.1) is 5.10 Å². The molecule has 0 bridgehead atoms. The summed E-state index contributed by atoms with van der Waals surface area (Å²) >= 11 is 0. The molecule has 1 heterocycles. The Hall–Kier alpha value is -1.32. The number of rotatable bonds is 4. The van der Waals surface area contributed by atoms with Crippen LogP contribution in [0.15, 0.2) is 18.3 Å². The first kappa shape index (κ1) is 8.77. The Morgan fingerprint density at radius 2 is 2.50 bits per heavy atom. The number of nitrogens with zero attached hydrogens (tertiary/aromatic N) is 3. The van der Waals surface area contributed by atoms with Crippen LogP contribution in [0.2, 0.25) is 0 Å². The van der Waals surface area contributed by atoms with E-state index < -0.39 is 0 Å². The molecule has 0 aliphatic carbocycles. The number of hydrogen-bond donors (Lipinski definition) is 1. The molecule has 0 saturated heterocycles. The average Bonchev–Trinajstić information content (AvgIpc) is 2.46. The zero-order valence-electron chi connectivity index (χ0n) is 7.49. The number of allylic oxidation sites excluding steroid dienone is 1. The molecule has 1 aromatic rings. The minimum atomic E-state index is 0.922. The van der Waals surface area contributed by atoms with Crippen molar-refractivity contribution in [1.82, 2.24) is 15.0 Å². The number of aryl methyl sites for hydroxylation is 1. The van der Waals surface area contributed by atoms with Gasteiger partial charge in [0, 0.05) is 13.6 Å². The smallest absolute Gasteiger partial charge is 0.144 e. The summed E-state index contributed by atoms with van der Waals surface area (Å²) in [4.78, 5) is 0. The second-order valence-corrected chi connectivity index (χ2v) is 2.53. The molecule has 0 atom stereocenters. The predicted molar refractivity (Wildman–Crippen MR) is 48.9 cm³/mol. The SMILES string of the molecule is C/C=C/CCNc1cnnn1C. The van der Waals surface area contributed by atoms with E-state index in [2.05, 4.69) is 21.7 Å². The lowest BCUT2D eigenvalue weighted by atomic mass is 10.4. The molecule has 1 rings (SSSR count). The van der Waals surface area contributed by atoms with Gasteiger partial charge in [0.1, 0.15) is 5.82 Å². The molecule has 0 aliphatic heterocycles. The normalized spacial score (nSPS) is 10.8. The van der Waals surface area contributed by atoms with Crippen LogP contribution < -0.4 is 5.32 Å². The van der Waals surface area contributed by atoms with Crippen molar-refractivity contribution in [3.8, 4) is 0 Å². The van der Waals surface area contributed by atoms with Gasteiger partial charge in [0.05, 0.1) is 6.20 Å². The molecule has 4 nitrogen and oxygen atoms in total. The van der Waals surface area contributed by atoms with Crippen molar-refractivity contribution < 1.29 is 0 Å². The highest BCUT2D eigenvalue weighted by atomic mass is 15.4. The fraction of sp³-hybridized carbons (Fsp3) is 0.500. The monoisotopic (exact) mass is 166 g/mol. The third-order valence-corrected chi connectivity index (χ3v) is 1.57. The van der Waals surface area contributed by atoms with E-state index in [0.717, 1.165) is 18.8 Å². The summed E-state index contributed by atoms with van der Waals surface area (Å²) in [5.74, 6) is 0.958. The van der Waals surface area contributed by atoms with E-state index in [-0.39, 0.29) is 0 Å². The van der Waals surface area contributed by atoms with Crippen molar-refractivity contribution in [3.63, 3.8) is 0 Å². The zero-order chi connectivity index (χ0) is 8.81. The third-order valence-electron chi connectivity index (χ3n) is 1.57. The van der Waals surface area contributed by atoms with Crippen molar-refractivity contribution in [2.24, 2.45) is 7.05 Å². The summed E-state index contributed by atoms with van der Waals surface area (Å²) in [6, 6.07) is 0. The molecule has 0 unspecified atom stereocenters. The third kappa shape index (κ3) is 2.38. The predicted octanol–water partition coefficient (Wildman–Crippen LogP) is 1.19. The van der Waals surface area contributed by atoms with E-state index in [1.165, 1.54) is 0 Å². The fourth-order valence-corrected chi connectivity index (χ4v) is 0.900. The Kier molecular flexibility index (Phi) is 3.32. The van der Waals surface area contributed by atoms with Crippen LogP contribution in [0.1, 0.15) is 13.3 Å². The quantitative estimate of drug-likeness (QED) is 0.539. The average molecular weight is 166 g/mol. The van der Waals surface area contributed by atoms with Gasteiger partial charge in [-0.1, -0.05) is 17.4 Å². The van der Waals surface area contributed by atoms with Crippen LogP contribution in [0.4, 0.5) is 5.82 Å². The lowest BCUT2D eigenvalue weighted by Gasteiger charge is -2.01. The molecule has 0 saturated carbocycles. The van der Waals surface area contributed by atoms with E-state index in [9.17, 15) is 0 Å². The molecular weight excluding hydrogens is 152 g/mol. The second kappa shape index (κ2) is 4.54. The van der Waals surface area contributed by atoms with Gasteiger partial charge >= 0.3 is 0 Å². The molecule has 0 amide bonds. The fourth-order valence-electron chi connectivity index (χ4n) is 0.900. The van der Waals surface area contributed by atoms with E-state index in [1.54, 1.807) is 10.9 Å². The van der Waals surface area contributed by atoms with Crippen molar-refractivity contribution in [3.05, 3.63) is 18.3 Å². The largest absolute Gasteiger partial charge is 0.369 e. The Bertz CT molecular complexity index is 251. The Morgan fingerprint density at radius 1 is 1.67 bits per heavy atom. The summed E-state index contributed by atoms with van der Waals surface area (Å²) in [5, 5.41) is 10.8. The molecule has 1 N–H and O–H groups in total. The molecule has 0 radical (unpaired) electrons. The van der Waals surface area contributed by atoms with Crippen LogP contribution in [-0.2, 0) is 7.05 Å². The van der Waals surface area contributed by atoms with Gasteiger partial charge in [-0.2, -0.15) is 0 Å². The van der Waals surface area contributed by atoms with Crippen molar-refractivity contribution >= 4 is 5.82 Å². The highest BCUT2D eigenvalue weighted by molar-refractivity contribution is 5.30. The highest BCUT2D eigenvalue weighted by Gasteiger charge is 1.95. The first-order valence-corrected chi connectivity index (χ1v) is 4.04. The zero-order valence-corrected chi connectivity index (χ0v) is 7.49. The molecule has 66 valence electrons. The van der Waals surface area contributed by atoms with Gasteiger partial charge in [0.25, 0.3) is 0 Å². The molecule has 12 heavy (non-hydrogen) atoms. The summed E-state index contributed by atoms with van der Waals surface area (Å²) in [5.41, 5.74) is 0. The second-order valence-electron chi connectivity index (χ2n) is 2.53. The number of nitrogens with one attached hydrogen (secondary N) is 1. The number of anilines is 1. The van der Waals surface area contributed by atoms with E-state index in [4.69, 9.17) is 0 Å².